The molecule has 0 aromatic rings. The van der Waals surface area contributed by atoms with Crippen molar-refractivity contribution in [2.45, 2.75) is 19.0 Å². The van der Waals surface area contributed by atoms with Crippen LogP contribution in [0.4, 0.5) is 26.3 Å². The summed E-state index contributed by atoms with van der Waals surface area (Å²) in [6.07, 6.45) is -5.74. The molecule has 1 unspecified atom stereocenters. The van der Waals surface area contributed by atoms with E-state index in [1.807, 2.05) is 0 Å². The zero-order chi connectivity index (χ0) is 11.6. The number of ether oxygens (including phenoxy) is 1. The van der Waals surface area contributed by atoms with Gasteiger partial charge in [0.15, 0.2) is 0 Å². The van der Waals surface area contributed by atoms with Crippen LogP contribution in [0, 0.1) is 6.42 Å². The molecule has 0 N–H and O–H groups in total. The van der Waals surface area contributed by atoms with Crippen molar-refractivity contribution in [1.82, 2.24) is 0 Å². The third-order valence-corrected chi connectivity index (χ3v) is 1.51. The first-order valence-corrected chi connectivity index (χ1v) is 3.73. The van der Waals surface area contributed by atoms with Crippen LogP contribution in [0.25, 0.3) is 0 Å². The fourth-order valence-corrected chi connectivity index (χ4v) is 0.979. The van der Waals surface area contributed by atoms with Gasteiger partial charge in [0.2, 0.25) is 0 Å². The minimum atomic E-state index is -4.78. The molecule has 1 rings (SSSR count). The minimum Gasteiger partial charge on any atom is -0.439 e. The van der Waals surface area contributed by atoms with Gasteiger partial charge in [-0.25, -0.2) is 4.39 Å². The Morgan fingerprint density at radius 2 is 1.87 bits per heavy atom. The number of rotatable bonds is 2. The number of halogens is 6. The summed E-state index contributed by atoms with van der Waals surface area (Å²) in [5.41, 5.74) is -1.34. The molecule has 1 aliphatic carbocycles. The number of alkyl halides is 6. The average Bonchev–Trinajstić information content (AvgIpc) is 1.99. The third-order valence-electron chi connectivity index (χ3n) is 1.51. The lowest BCUT2D eigenvalue weighted by Gasteiger charge is -2.18. The monoisotopic (exact) mass is 231 g/mol. The SMILES string of the molecule is FC1[CH]C(OC(F)F)=CC(C(F)(F)F)=C1. The molecule has 15 heavy (non-hydrogen) atoms. The number of allylic oxidation sites excluding steroid dienone is 4. The molecule has 1 aliphatic rings. The quantitative estimate of drug-likeness (QED) is 0.663. The van der Waals surface area contributed by atoms with Gasteiger partial charge in [-0.15, -0.1) is 0 Å². The highest BCUT2D eigenvalue weighted by Crippen LogP contribution is 2.32. The van der Waals surface area contributed by atoms with E-state index in [9.17, 15) is 26.3 Å². The molecule has 0 saturated carbocycles. The lowest BCUT2D eigenvalue weighted by molar-refractivity contribution is -0.101. The normalized spacial score (nSPS) is 22.5. The second kappa shape index (κ2) is 4.16. The van der Waals surface area contributed by atoms with Crippen molar-refractivity contribution in [2.24, 2.45) is 0 Å². The van der Waals surface area contributed by atoms with E-state index in [1.165, 1.54) is 0 Å². The molecule has 0 bridgehead atoms. The Kier molecular flexibility index (Phi) is 3.31. The van der Waals surface area contributed by atoms with E-state index >= 15 is 0 Å². The summed E-state index contributed by atoms with van der Waals surface area (Å²) < 4.78 is 75.9. The van der Waals surface area contributed by atoms with Crippen LogP contribution in [0.3, 0.4) is 0 Å². The second-order valence-electron chi connectivity index (χ2n) is 2.66. The number of hydrogen-bond acceptors (Lipinski definition) is 1. The Hall–Kier alpha value is -1.14. The molecule has 85 valence electrons. The van der Waals surface area contributed by atoms with Gasteiger partial charge in [0.1, 0.15) is 11.9 Å². The van der Waals surface area contributed by atoms with Crippen LogP contribution < -0.4 is 0 Å². The summed E-state index contributed by atoms with van der Waals surface area (Å²) >= 11 is 0. The van der Waals surface area contributed by atoms with Crippen molar-refractivity contribution in [3.63, 3.8) is 0 Å². The fraction of sp³-hybridized carbons (Fsp3) is 0.375. The van der Waals surface area contributed by atoms with Crippen LogP contribution in [0.1, 0.15) is 0 Å². The molecule has 1 atom stereocenters. The van der Waals surface area contributed by atoms with E-state index in [2.05, 4.69) is 4.74 Å². The number of hydrogen-bond donors (Lipinski definition) is 0. The maximum Gasteiger partial charge on any atom is 0.416 e. The third kappa shape index (κ3) is 3.49. The molecular formula is C8H5F6O. The van der Waals surface area contributed by atoms with E-state index in [4.69, 9.17) is 0 Å². The average molecular weight is 231 g/mol. The van der Waals surface area contributed by atoms with Gasteiger partial charge in [-0.3, -0.25) is 0 Å². The standard InChI is InChI=1S/C8H5F6O/c9-5-1-4(8(12,13)14)2-6(3-5)15-7(10)11/h1-3,5,7H. The van der Waals surface area contributed by atoms with Crippen molar-refractivity contribution in [2.75, 3.05) is 0 Å². The minimum absolute atomic E-state index is 0.276. The lowest BCUT2D eigenvalue weighted by atomic mass is 10.0. The summed E-state index contributed by atoms with van der Waals surface area (Å²) in [5.74, 6) is -0.827. The van der Waals surface area contributed by atoms with Crippen molar-refractivity contribution in [3.05, 3.63) is 29.9 Å². The Labute approximate surface area is 81.0 Å². The largest absolute Gasteiger partial charge is 0.439 e. The molecule has 1 nitrogen and oxygen atoms in total. The van der Waals surface area contributed by atoms with Gasteiger partial charge in [-0.05, 0) is 12.2 Å². The van der Waals surface area contributed by atoms with E-state index in [1.54, 1.807) is 0 Å². The predicted octanol–water partition coefficient (Wildman–Crippen LogP) is 3.15. The van der Waals surface area contributed by atoms with Gasteiger partial charge < -0.3 is 4.74 Å². The summed E-state index contributed by atoms with van der Waals surface area (Å²) in [5, 5.41) is 0. The first kappa shape index (κ1) is 11.9. The summed E-state index contributed by atoms with van der Waals surface area (Å²) in [7, 11) is 0. The highest BCUT2D eigenvalue weighted by Gasteiger charge is 2.36. The van der Waals surface area contributed by atoms with E-state index in [0.717, 1.165) is 0 Å². The molecule has 0 fully saturated rings. The molecule has 7 heteroatoms. The summed E-state index contributed by atoms with van der Waals surface area (Å²) in [6.45, 7) is -3.28. The molecule has 0 saturated heterocycles. The maximum atomic E-state index is 12.7. The highest BCUT2D eigenvalue weighted by molar-refractivity contribution is 5.36. The summed E-state index contributed by atoms with van der Waals surface area (Å²) in [4.78, 5) is 0. The van der Waals surface area contributed by atoms with Gasteiger partial charge in [0.05, 0.1) is 12.0 Å². The van der Waals surface area contributed by atoms with Crippen LogP contribution in [-0.4, -0.2) is 19.0 Å². The van der Waals surface area contributed by atoms with Crippen LogP contribution in [0.2, 0.25) is 0 Å². The lowest BCUT2D eigenvalue weighted by Crippen LogP contribution is -2.18. The van der Waals surface area contributed by atoms with Crippen LogP contribution in [0.5, 0.6) is 0 Å². The predicted molar refractivity (Wildman–Crippen MR) is 38.5 cm³/mol. The van der Waals surface area contributed by atoms with Crippen LogP contribution in [0.15, 0.2) is 23.5 Å². The first-order chi connectivity index (χ1) is 6.79. The zero-order valence-corrected chi connectivity index (χ0v) is 7.06. The maximum absolute atomic E-state index is 12.7. The van der Waals surface area contributed by atoms with Crippen molar-refractivity contribution in [3.8, 4) is 0 Å². The molecule has 0 aliphatic heterocycles. The Bertz CT molecular complexity index is 290. The van der Waals surface area contributed by atoms with E-state index in [-0.39, 0.29) is 6.08 Å². The Morgan fingerprint density at radius 3 is 2.33 bits per heavy atom. The molecular weight excluding hydrogens is 226 g/mol. The van der Waals surface area contributed by atoms with Crippen molar-refractivity contribution >= 4 is 0 Å². The Balaban J connectivity index is 2.85. The Morgan fingerprint density at radius 1 is 1.27 bits per heavy atom. The van der Waals surface area contributed by atoms with E-state index in [0.29, 0.717) is 12.5 Å². The summed E-state index contributed by atoms with van der Waals surface area (Å²) in [6, 6.07) is 0. The van der Waals surface area contributed by atoms with Gasteiger partial charge in [0.25, 0.3) is 0 Å². The van der Waals surface area contributed by atoms with Gasteiger partial charge in [-0.2, -0.15) is 22.0 Å². The van der Waals surface area contributed by atoms with Gasteiger partial charge in [-0.1, -0.05) is 0 Å². The smallest absolute Gasteiger partial charge is 0.416 e. The van der Waals surface area contributed by atoms with Crippen molar-refractivity contribution in [1.29, 1.82) is 0 Å². The first-order valence-electron chi connectivity index (χ1n) is 3.73. The molecule has 0 aromatic carbocycles. The fourth-order valence-electron chi connectivity index (χ4n) is 0.979. The molecule has 0 spiro atoms. The highest BCUT2D eigenvalue weighted by atomic mass is 19.4. The molecule has 0 heterocycles. The molecule has 0 aromatic heterocycles. The van der Waals surface area contributed by atoms with Gasteiger partial charge >= 0.3 is 12.8 Å². The van der Waals surface area contributed by atoms with E-state index < -0.39 is 30.3 Å². The van der Waals surface area contributed by atoms with Crippen molar-refractivity contribution < 1.29 is 31.1 Å². The zero-order valence-electron chi connectivity index (χ0n) is 7.06. The molecule has 1 radical (unpaired) electrons. The van der Waals surface area contributed by atoms with Crippen LogP contribution in [-0.2, 0) is 4.74 Å². The van der Waals surface area contributed by atoms with Crippen LogP contribution >= 0.6 is 0 Å². The second-order valence-corrected chi connectivity index (χ2v) is 2.66. The topological polar surface area (TPSA) is 9.23 Å². The molecule has 0 amide bonds. The van der Waals surface area contributed by atoms with Gasteiger partial charge in [0, 0.05) is 0 Å².